The summed E-state index contributed by atoms with van der Waals surface area (Å²) in [6, 6.07) is 12.9. The summed E-state index contributed by atoms with van der Waals surface area (Å²) < 4.78 is 0. The van der Waals surface area contributed by atoms with Crippen LogP contribution in [-0.2, 0) is 11.3 Å². The second-order valence-electron chi connectivity index (χ2n) is 8.22. The first-order chi connectivity index (χ1) is 15.5. The van der Waals surface area contributed by atoms with Crippen LogP contribution in [0, 0.1) is 6.92 Å². The molecule has 6 nitrogen and oxygen atoms in total. The van der Waals surface area contributed by atoms with Gasteiger partial charge < -0.3 is 10.4 Å². The first kappa shape index (κ1) is 24.3. The number of hydrogen-bond acceptors (Lipinski definition) is 5. The molecule has 3 N–H and O–H groups in total. The number of hydrogen-bond donors (Lipinski definition) is 3. The predicted molar refractivity (Wildman–Crippen MR) is 131 cm³/mol. The van der Waals surface area contributed by atoms with E-state index in [9.17, 15) is 14.7 Å². The fraction of sp³-hybridized carbons (Fsp3) is 0.440. The number of amides is 1. The zero-order valence-electron chi connectivity index (χ0n) is 18.9. The van der Waals surface area contributed by atoms with Gasteiger partial charge in [-0.2, -0.15) is 11.8 Å². The van der Waals surface area contributed by atoms with Crippen molar-refractivity contribution in [3.8, 4) is 11.1 Å². The number of aryl methyl sites for hydroxylation is 1. The van der Waals surface area contributed by atoms with E-state index in [-0.39, 0.29) is 5.91 Å². The maximum atomic E-state index is 13.1. The molecular formula is C25H33N3O3S. The number of aliphatic carboxylic acids is 1. The highest BCUT2D eigenvalue weighted by atomic mass is 32.2. The van der Waals surface area contributed by atoms with E-state index in [1.165, 1.54) is 19.3 Å². The number of hydrazine groups is 1. The van der Waals surface area contributed by atoms with Crippen molar-refractivity contribution in [2.75, 3.05) is 25.1 Å². The SMILES string of the molecule is CSCCC(NC(=O)c1ccc(CNN2CCCCC2)cc1-c1ccccc1C)C(=O)O. The number of nitrogens with zero attached hydrogens (tertiary/aromatic N) is 1. The van der Waals surface area contributed by atoms with Gasteiger partial charge in [0.1, 0.15) is 6.04 Å². The molecule has 0 bridgehead atoms. The molecule has 0 radical (unpaired) electrons. The Labute approximate surface area is 194 Å². The van der Waals surface area contributed by atoms with Gasteiger partial charge in [-0.05, 0) is 72.6 Å². The standard InChI is InChI=1S/C25H33N3O3S/c1-18-8-4-5-9-20(18)22-16-19(17-26-28-13-6-3-7-14-28)10-11-21(22)24(29)27-23(25(30)31)12-15-32-2/h4-5,8-11,16,23,26H,3,6-7,12-15,17H2,1-2H3,(H,27,29)(H,30,31). The van der Waals surface area contributed by atoms with Crippen LogP contribution in [0.15, 0.2) is 42.5 Å². The van der Waals surface area contributed by atoms with E-state index in [2.05, 4.69) is 15.8 Å². The van der Waals surface area contributed by atoms with Gasteiger partial charge in [0.05, 0.1) is 0 Å². The van der Waals surface area contributed by atoms with Crippen molar-refractivity contribution in [2.45, 2.75) is 45.2 Å². The van der Waals surface area contributed by atoms with Crippen molar-refractivity contribution in [1.82, 2.24) is 15.8 Å². The Balaban J connectivity index is 1.86. The molecule has 2 aromatic rings. The van der Waals surface area contributed by atoms with Crippen LogP contribution in [0.25, 0.3) is 11.1 Å². The van der Waals surface area contributed by atoms with Crippen LogP contribution in [0.1, 0.15) is 47.2 Å². The van der Waals surface area contributed by atoms with Crippen LogP contribution in [0.5, 0.6) is 0 Å². The summed E-state index contributed by atoms with van der Waals surface area (Å²) >= 11 is 1.57. The number of piperidine rings is 1. The van der Waals surface area contributed by atoms with Gasteiger partial charge in [-0.25, -0.2) is 9.80 Å². The number of rotatable bonds is 10. The van der Waals surface area contributed by atoms with Crippen molar-refractivity contribution >= 4 is 23.6 Å². The number of carbonyl (C=O) groups excluding carboxylic acids is 1. The third kappa shape index (κ3) is 6.58. The number of carboxylic acids is 1. The molecule has 3 rings (SSSR count). The number of benzene rings is 2. The molecule has 1 heterocycles. The number of carbonyl (C=O) groups is 2. The smallest absolute Gasteiger partial charge is 0.326 e. The molecular weight excluding hydrogens is 422 g/mol. The minimum Gasteiger partial charge on any atom is -0.480 e. The molecule has 0 aromatic heterocycles. The largest absolute Gasteiger partial charge is 0.480 e. The molecule has 2 aromatic carbocycles. The third-order valence-electron chi connectivity index (χ3n) is 5.84. The molecule has 1 fully saturated rings. The first-order valence-electron chi connectivity index (χ1n) is 11.2. The average molecular weight is 456 g/mol. The highest BCUT2D eigenvalue weighted by molar-refractivity contribution is 7.98. The van der Waals surface area contributed by atoms with Gasteiger partial charge in [0.2, 0.25) is 0 Å². The van der Waals surface area contributed by atoms with Gasteiger partial charge in [0.15, 0.2) is 0 Å². The molecule has 0 aliphatic carbocycles. The summed E-state index contributed by atoms with van der Waals surface area (Å²) in [6.07, 6.45) is 6.02. The van der Waals surface area contributed by atoms with Crippen LogP contribution in [-0.4, -0.2) is 53.1 Å². The van der Waals surface area contributed by atoms with Crippen molar-refractivity contribution in [3.63, 3.8) is 0 Å². The van der Waals surface area contributed by atoms with Crippen molar-refractivity contribution in [2.24, 2.45) is 0 Å². The maximum absolute atomic E-state index is 13.1. The number of carboxylic acid groups (broad SMARTS) is 1. The minimum atomic E-state index is -1.01. The summed E-state index contributed by atoms with van der Waals surface area (Å²) in [5, 5.41) is 14.5. The summed E-state index contributed by atoms with van der Waals surface area (Å²) in [4.78, 5) is 24.8. The van der Waals surface area contributed by atoms with Gasteiger partial charge in [0, 0.05) is 25.2 Å². The van der Waals surface area contributed by atoms with Crippen molar-refractivity contribution in [1.29, 1.82) is 0 Å². The van der Waals surface area contributed by atoms with E-state index in [1.807, 2.05) is 55.6 Å². The molecule has 1 aliphatic heterocycles. The molecule has 7 heteroatoms. The Kier molecular flexibility index (Phi) is 9.14. The molecule has 32 heavy (non-hydrogen) atoms. The lowest BCUT2D eigenvalue weighted by atomic mass is 9.93. The molecule has 0 saturated carbocycles. The lowest BCUT2D eigenvalue weighted by Gasteiger charge is -2.27. The summed E-state index contributed by atoms with van der Waals surface area (Å²) in [5.41, 5.74) is 7.96. The van der Waals surface area contributed by atoms with Gasteiger partial charge in [-0.3, -0.25) is 10.2 Å². The average Bonchev–Trinajstić information content (AvgIpc) is 2.81. The molecule has 1 amide bonds. The van der Waals surface area contributed by atoms with Gasteiger partial charge in [-0.15, -0.1) is 0 Å². The van der Waals surface area contributed by atoms with Gasteiger partial charge >= 0.3 is 5.97 Å². The molecule has 1 saturated heterocycles. The fourth-order valence-corrected chi connectivity index (χ4v) is 4.45. The molecule has 172 valence electrons. The quantitative estimate of drug-likeness (QED) is 0.501. The van der Waals surface area contributed by atoms with Crippen molar-refractivity contribution < 1.29 is 14.7 Å². The van der Waals surface area contributed by atoms with Crippen LogP contribution in [0.2, 0.25) is 0 Å². The highest BCUT2D eigenvalue weighted by Gasteiger charge is 2.23. The predicted octanol–water partition coefficient (Wildman–Crippen LogP) is 4.09. The summed E-state index contributed by atoms with van der Waals surface area (Å²) in [6.45, 7) is 4.82. The lowest BCUT2D eigenvalue weighted by Crippen LogP contribution is -2.41. The van der Waals surface area contributed by atoms with E-state index in [0.29, 0.717) is 24.3 Å². The Morgan fingerprint density at radius 2 is 1.84 bits per heavy atom. The van der Waals surface area contributed by atoms with Crippen molar-refractivity contribution in [3.05, 3.63) is 59.2 Å². The van der Waals surface area contributed by atoms with E-state index in [4.69, 9.17) is 0 Å². The topological polar surface area (TPSA) is 81.7 Å². The molecule has 1 unspecified atom stereocenters. The monoisotopic (exact) mass is 455 g/mol. The Hall–Kier alpha value is -2.35. The lowest BCUT2D eigenvalue weighted by molar-refractivity contribution is -0.139. The second-order valence-corrected chi connectivity index (χ2v) is 9.21. The van der Waals surface area contributed by atoms with Crippen LogP contribution >= 0.6 is 11.8 Å². The Bertz CT molecular complexity index is 928. The van der Waals surface area contributed by atoms with Crippen LogP contribution < -0.4 is 10.7 Å². The van der Waals surface area contributed by atoms with E-state index < -0.39 is 12.0 Å². The van der Waals surface area contributed by atoms with E-state index in [1.54, 1.807) is 11.8 Å². The Morgan fingerprint density at radius 1 is 1.09 bits per heavy atom. The third-order valence-corrected chi connectivity index (χ3v) is 6.48. The fourth-order valence-electron chi connectivity index (χ4n) is 3.98. The number of thioether (sulfide) groups is 1. The van der Waals surface area contributed by atoms with Crippen LogP contribution in [0.4, 0.5) is 0 Å². The van der Waals surface area contributed by atoms with Gasteiger partial charge in [-0.1, -0.05) is 36.8 Å². The van der Waals surface area contributed by atoms with E-state index in [0.717, 1.165) is 35.3 Å². The normalized spacial score (nSPS) is 15.3. The molecule has 1 aliphatic rings. The summed E-state index contributed by atoms with van der Waals surface area (Å²) in [7, 11) is 0. The van der Waals surface area contributed by atoms with E-state index >= 15 is 0 Å². The van der Waals surface area contributed by atoms with Gasteiger partial charge in [0.25, 0.3) is 5.91 Å². The Morgan fingerprint density at radius 3 is 2.53 bits per heavy atom. The maximum Gasteiger partial charge on any atom is 0.326 e. The summed E-state index contributed by atoms with van der Waals surface area (Å²) in [5.74, 6) is -0.692. The number of nitrogens with one attached hydrogen (secondary N) is 2. The minimum absolute atomic E-state index is 0.354. The van der Waals surface area contributed by atoms with Crippen LogP contribution in [0.3, 0.4) is 0 Å². The highest BCUT2D eigenvalue weighted by Crippen LogP contribution is 2.28. The zero-order chi connectivity index (χ0) is 22.9. The zero-order valence-corrected chi connectivity index (χ0v) is 19.7. The molecule has 0 spiro atoms. The second kappa shape index (κ2) is 12.0. The molecule has 1 atom stereocenters. The first-order valence-corrected chi connectivity index (χ1v) is 12.6.